The van der Waals surface area contributed by atoms with Gasteiger partial charge >= 0.3 is 0 Å². The number of nitrogen functional groups attached to an aromatic ring is 1. The Morgan fingerprint density at radius 1 is 1.28 bits per heavy atom. The Labute approximate surface area is 114 Å². The van der Waals surface area contributed by atoms with Crippen molar-refractivity contribution in [2.45, 2.75) is 13.5 Å². The van der Waals surface area contributed by atoms with Crippen LogP contribution in [0.2, 0.25) is 0 Å². The van der Waals surface area contributed by atoms with E-state index in [4.69, 9.17) is 5.73 Å². The van der Waals surface area contributed by atoms with E-state index in [1.807, 2.05) is 24.3 Å². The zero-order valence-electron chi connectivity index (χ0n) is 10.0. The van der Waals surface area contributed by atoms with Crippen LogP contribution in [0.25, 0.3) is 0 Å². The van der Waals surface area contributed by atoms with Crippen molar-refractivity contribution < 1.29 is 4.39 Å². The highest BCUT2D eigenvalue weighted by Gasteiger charge is 2.04. The van der Waals surface area contributed by atoms with Gasteiger partial charge in [-0.25, -0.2) is 4.39 Å². The van der Waals surface area contributed by atoms with Crippen molar-refractivity contribution in [3.8, 4) is 0 Å². The van der Waals surface area contributed by atoms with Crippen LogP contribution in [-0.2, 0) is 6.54 Å². The van der Waals surface area contributed by atoms with Crippen molar-refractivity contribution in [2.24, 2.45) is 0 Å². The van der Waals surface area contributed by atoms with Crippen LogP contribution in [0.3, 0.4) is 0 Å². The molecule has 18 heavy (non-hydrogen) atoms. The van der Waals surface area contributed by atoms with Crippen molar-refractivity contribution >= 4 is 27.3 Å². The topological polar surface area (TPSA) is 38.0 Å². The Bertz CT molecular complexity index is 570. The van der Waals surface area contributed by atoms with Gasteiger partial charge in [0.05, 0.1) is 11.4 Å². The lowest BCUT2D eigenvalue weighted by atomic mass is 10.1. The van der Waals surface area contributed by atoms with Crippen LogP contribution in [0.5, 0.6) is 0 Å². The Morgan fingerprint density at radius 3 is 2.78 bits per heavy atom. The number of nitrogens with one attached hydrogen (secondary N) is 1. The maximum Gasteiger partial charge on any atom is 0.128 e. The molecule has 0 aliphatic heterocycles. The fraction of sp³-hybridized carbons (Fsp3) is 0.143. The fourth-order valence-electron chi connectivity index (χ4n) is 1.69. The summed E-state index contributed by atoms with van der Waals surface area (Å²) in [4.78, 5) is 0. The standard InChI is InChI=1S/C14H14BrFN2/c1-9-5-14(13(17)7-12(9)16)18-8-10-3-2-4-11(15)6-10/h2-7,18H,8,17H2,1H3. The molecule has 0 bridgehead atoms. The van der Waals surface area contributed by atoms with E-state index in [1.165, 1.54) is 6.07 Å². The van der Waals surface area contributed by atoms with E-state index in [1.54, 1.807) is 13.0 Å². The molecule has 0 fully saturated rings. The lowest BCUT2D eigenvalue weighted by molar-refractivity contribution is 0.619. The van der Waals surface area contributed by atoms with Gasteiger partial charge in [0.25, 0.3) is 0 Å². The van der Waals surface area contributed by atoms with Crippen LogP contribution in [0.4, 0.5) is 15.8 Å². The highest BCUT2D eigenvalue weighted by Crippen LogP contribution is 2.23. The molecule has 0 saturated heterocycles. The molecule has 0 unspecified atom stereocenters. The van der Waals surface area contributed by atoms with Crippen molar-refractivity contribution in [2.75, 3.05) is 11.1 Å². The van der Waals surface area contributed by atoms with Gasteiger partial charge in [-0.1, -0.05) is 28.1 Å². The Balaban J connectivity index is 2.13. The minimum Gasteiger partial charge on any atom is -0.397 e. The first-order chi connectivity index (χ1) is 8.56. The Hall–Kier alpha value is -1.55. The summed E-state index contributed by atoms with van der Waals surface area (Å²) in [5, 5.41) is 3.21. The molecule has 4 heteroatoms. The van der Waals surface area contributed by atoms with Crippen LogP contribution in [-0.4, -0.2) is 0 Å². The molecule has 0 aliphatic rings. The molecule has 0 atom stereocenters. The van der Waals surface area contributed by atoms with E-state index in [0.29, 0.717) is 17.8 Å². The molecule has 0 aromatic heterocycles. The molecule has 2 rings (SSSR count). The van der Waals surface area contributed by atoms with Crippen molar-refractivity contribution in [3.05, 3.63) is 57.8 Å². The van der Waals surface area contributed by atoms with E-state index in [9.17, 15) is 4.39 Å². The third-order valence-corrected chi connectivity index (χ3v) is 3.20. The summed E-state index contributed by atoms with van der Waals surface area (Å²) in [7, 11) is 0. The van der Waals surface area contributed by atoms with Gasteiger partial charge < -0.3 is 11.1 Å². The molecule has 2 nitrogen and oxygen atoms in total. The number of nitrogens with two attached hydrogens (primary N) is 1. The van der Waals surface area contributed by atoms with E-state index < -0.39 is 0 Å². The van der Waals surface area contributed by atoms with Crippen LogP contribution < -0.4 is 11.1 Å². The smallest absolute Gasteiger partial charge is 0.128 e. The number of hydrogen-bond acceptors (Lipinski definition) is 2. The molecule has 94 valence electrons. The molecule has 0 spiro atoms. The largest absolute Gasteiger partial charge is 0.397 e. The number of halogens is 2. The van der Waals surface area contributed by atoms with Gasteiger partial charge in [-0.15, -0.1) is 0 Å². The monoisotopic (exact) mass is 308 g/mol. The number of benzene rings is 2. The first-order valence-corrected chi connectivity index (χ1v) is 6.39. The summed E-state index contributed by atoms with van der Waals surface area (Å²) in [6, 6.07) is 11.1. The zero-order valence-corrected chi connectivity index (χ0v) is 11.6. The molecular formula is C14H14BrFN2. The van der Waals surface area contributed by atoms with E-state index in [2.05, 4.69) is 21.2 Å². The summed E-state index contributed by atoms with van der Waals surface area (Å²) in [5.74, 6) is -0.277. The van der Waals surface area contributed by atoms with E-state index in [0.717, 1.165) is 15.7 Å². The molecular weight excluding hydrogens is 295 g/mol. The third-order valence-electron chi connectivity index (χ3n) is 2.70. The second-order valence-electron chi connectivity index (χ2n) is 4.17. The normalized spacial score (nSPS) is 10.4. The number of rotatable bonds is 3. The first kappa shape index (κ1) is 12.9. The van der Waals surface area contributed by atoms with Gasteiger partial charge in [0.1, 0.15) is 5.82 Å². The van der Waals surface area contributed by atoms with Crippen molar-refractivity contribution in [1.29, 1.82) is 0 Å². The van der Waals surface area contributed by atoms with Crippen molar-refractivity contribution in [1.82, 2.24) is 0 Å². The summed E-state index contributed by atoms with van der Waals surface area (Å²) in [6.45, 7) is 2.37. The second-order valence-corrected chi connectivity index (χ2v) is 5.09. The van der Waals surface area contributed by atoms with Gasteiger partial charge in [0.15, 0.2) is 0 Å². The van der Waals surface area contributed by atoms with Crippen LogP contribution >= 0.6 is 15.9 Å². The number of hydrogen-bond donors (Lipinski definition) is 2. The second kappa shape index (κ2) is 5.40. The molecule has 0 heterocycles. The molecule has 0 aliphatic carbocycles. The number of anilines is 2. The van der Waals surface area contributed by atoms with E-state index in [-0.39, 0.29) is 5.82 Å². The maximum atomic E-state index is 13.3. The lowest BCUT2D eigenvalue weighted by Crippen LogP contribution is -2.03. The van der Waals surface area contributed by atoms with Gasteiger partial charge in [-0.2, -0.15) is 0 Å². The van der Waals surface area contributed by atoms with Gasteiger partial charge in [-0.3, -0.25) is 0 Å². The molecule has 0 radical (unpaired) electrons. The summed E-state index contributed by atoms with van der Waals surface area (Å²) >= 11 is 3.42. The minimum atomic E-state index is -0.277. The predicted octanol–water partition coefficient (Wildman–Crippen LogP) is 4.09. The van der Waals surface area contributed by atoms with Crippen LogP contribution in [0.1, 0.15) is 11.1 Å². The predicted molar refractivity (Wildman–Crippen MR) is 77.0 cm³/mol. The maximum absolute atomic E-state index is 13.3. The average molecular weight is 309 g/mol. The zero-order chi connectivity index (χ0) is 13.1. The van der Waals surface area contributed by atoms with Crippen LogP contribution in [0, 0.1) is 12.7 Å². The quantitative estimate of drug-likeness (QED) is 0.838. The lowest BCUT2D eigenvalue weighted by Gasteiger charge is -2.11. The van der Waals surface area contributed by atoms with Crippen LogP contribution in [0.15, 0.2) is 40.9 Å². The molecule has 3 N–H and O–H groups in total. The number of aryl methyl sites for hydroxylation is 1. The van der Waals surface area contributed by atoms with Gasteiger partial charge in [-0.05, 0) is 42.3 Å². The van der Waals surface area contributed by atoms with Crippen molar-refractivity contribution in [3.63, 3.8) is 0 Å². The third kappa shape index (κ3) is 3.01. The Morgan fingerprint density at radius 2 is 2.06 bits per heavy atom. The molecule has 0 amide bonds. The summed E-state index contributed by atoms with van der Waals surface area (Å²) in [5.41, 5.74) is 8.67. The highest BCUT2D eigenvalue weighted by atomic mass is 79.9. The summed E-state index contributed by atoms with van der Waals surface area (Å²) in [6.07, 6.45) is 0. The summed E-state index contributed by atoms with van der Waals surface area (Å²) < 4.78 is 14.3. The molecule has 0 saturated carbocycles. The Kier molecular flexibility index (Phi) is 3.87. The first-order valence-electron chi connectivity index (χ1n) is 5.60. The molecule has 2 aromatic carbocycles. The minimum absolute atomic E-state index is 0.277. The average Bonchev–Trinajstić information content (AvgIpc) is 2.32. The van der Waals surface area contributed by atoms with Gasteiger partial charge in [0.2, 0.25) is 0 Å². The molecule has 2 aromatic rings. The highest BCUT2D eigenvalue weighted by molar-refractivity contribution is 9.10. The SMILES string of the molecule is Cc1cc(NCc2cccc(Br)c2)c(N)cc1F. The van der Waals surface area contributed by atoms with E-state index >= 15 is 0 Å². The van der Waals surface area contributed by atoms with Gasteiger partial charge in [0, 0.05) is 11.0 Å². The fourth-order valence-corrected chi connectivity index (χ4v) is 2.14.